The van der Waals surface area contributed by atoms with Gasteiger partial charge in [-0.3, -0.25) is 9.59 Å². The van der Waals surface area contributed by atoms with Crippen molar-refractivity contribution in [2.45, 2.75) is 96.8 Å². The minimum Gasteiger partial charge on any atom is -0.392 e. The summed E-state index contributed by atoms with van der Waals surface area (Å²) in [7, 11) is 1.65. The molecule has 4 N–H and O–H groups in total. The molecule has 0 aromatic heterocycles. The Morgan fingerprint density at radius 2 is 1.27 bits per heavy atom. The van der Waals surface area contributed by atoms with E-state index in [-0.39, 0.29) is 12.7 Å². The second kappa shape index (κ2) is 21.8. The highest BCUT2D eigenvalue weighted by Crippen LogP contribution is 2.10. The maximum absolute atomic E-state index is 11.4. The zero-order valence-corrected chi connectivity index (χ0v) is 17.2. The molecule has 0 amide bonds. The number of likely N-dealkylation sites (N-methyl/N-ethyl adjacent to an activating group) is 1. The molecule has 0 radical (unpaired) electrons. The molecular formula is C21H42N2O3. The van der Waals surface area contributed by atoms with Crippen molar-refractivity contribution in [2.24, 2.45) is 0 Å². The van der Waals surface area contributed by atoms with Gasteiger partial charge in [0.25, 0.3) is 0 Å². The van der Waals surface area contributed by atoms with Crippen LogP contribution in [0.2, 0.25) is 0 Å². The Morgan fingerprint density at radius 3 is 1.81 bits per heavy atom. The van der Waals surface area contributed by atoms with E-state index in [1.807, 2.05) is 0 Å². The minimum absolute atomic E-state index is 0. The van der Waals surface area contributed by atoms with Crippen LogP contribution in [-0.2, 0) is 14.3 Å². The first-order chi connectivity index (χ1) is 12.2. The van der Waals surface area contributed by atoms with Crippen LogP contribution in [0.3, 0.4) is 0 Å². The Labute approximate surface area is 160 Å². The highest BCUT2D eigenvalue weighted by Gasteiger charge is 2.08. The number of esters is 2. The molecule has 0 heterocycles. The number of carbonyl (C=O) groups excluding carboxylic acids is 2. The summed E-state index contributed by atoms with van der Waals surface area (Å²) in [6, 6.07) is 0. The third-order valence-corrected chi connectivity index (χ3v) is 4.19. The van der Waals surface area contributed by atoms with E-state index in [0.717, 1.165) is 25.7 Å². The number of unbranched alkanes of at least 4 members (excludes halogenated alkanes) is 11. The van der Waals surface area contributed by atoms with Crippen molar-refractivity contribution < 1.29 is 14.3 Å². The molecule has 0 bridgehead atoms. The van der Waals surface area contributed by atoms with Crippen LogP contribution in [0.4, 0.5) is 0 Å². The molecule has 0 spiro atoms. The van der Waals surface area contributed by atoms with Gasteiger partial charge in [-0.05, 0) is 39.2 Å². The summed E-state index contributed by atoms with van der Waals surface area (Å²) in [5.74, 6) is -0.905. The molecule has 0 aliphatic heterocycles. The van der Waals surface area contributed by atoms with E-state index in [2.05, 4.69) is 29.1 Å². The lowest BCUT2D eigenvalue weighted by atomic mass is 10.1. The first-order valence-corrected chi connectivity index (χ1v) is 10.2. The Kier molecular flexibility index (Phi) is 22.7. The van der Waals surface area contributed by atoms with Gasteiger partial charge in [0, 0.05) is 6.42 Å². The van der Waals surface area contributed by atoms with Gasteiger partial charge in [-0.15, -0.1) is 0 Å². The molecule has 0 rings (SSSR count). The number of ether oxygens (including phenoxy) is 1. The van der Waals surface area contributed by atoms with Gasteiger partial charge in [0.1, 0.15) is 0 Å². The molecular weight excluding hydrogens is 328 g/mol. The molecule has 154 valence electrons. The Hall–Kier alpha value is -1.20. The highest BCUT2D eigenvalue weighted by atomic mass is 16.6. The summed E-state index contributed by atoms with van der Waals surface area (Å²) in [5, 5.41) is 2.66. The van der Waals surface area contributed by atoms with Crippen LogP contribution < -0.4 is 11.5 Å². The molecule has 0 aromatic carbocycles. The fraction of sp³-hybridized carbons (Fsp3) is 0.810. The lowest BCUT2D eigenvalue weighted by molar-refractivity contribution is -0.158. The van der Waals surface area contributed by atoms with Crippen LogP contribution in [0.5, 0.6) is 0 Å². The van der Waals surface area contributed by atoms with E-state index in [9.17, 15) is 9.59 Å². The Morgan fingerprint density at radius 1 is 0.769 bits per heavy atom. The number of carbonyl (C=O) groups is 2. The topological polar surface area (TPSA) is 90.4 Å². The van der Waals surface area contributed by atoms with Crippen molar-refractivity contribution in [1.29, 1.82) is 0 Å². The standard InChI is InChI=1S/C21H39NO3.H3N/c1-3-4-5-6-7-8-9-10-11-12-13-14-15-16-17-18-20(23)25-21(24)19-22-2;/h10-11,22H,3-9,12-19H2,1-2H3;1H3/b11-10-;. The van der Waals surface area contributed by atoms with E-state index in [1.54, 1.807) is 7.05 Å². The van der Waals surface area contributed by atoms with Gasteiger partial charge in [0.15, 0.2) is 0 Å². The van der Waals surface area contributed by atoms with E-state index in [4.69, 9.17) is 0 Å². The predicted octanol–water partition coefficient (Wildman–Crippen LogP) is 5.48. The molecule has 5 nitrogen and oxygen atoms in total. The second-order valence-electron chi connectivity index (χ2n) is 6.71. The van der Waals surface area contributed by atoms with Crippen LogP contribution in [0.15, 0.2) is 12.2 Å². The van der Waals surface area contributed by atoms with Gasteiger partial charge in [-0.1, -0.05) is 70.4 Å². The van der Waals surface area contributed by atoms with Crippen molar-refractivity contribution in [3.63, 3.8) is 0 Å². The monoisotopic (exact) mass is 370 g/mol. The summed E-state index contributed by atoms with van der Waals surface area (Å²) in [6.45, 7) is 2.34. The van der Waals surface area contributed by atoms with E-state index < -0.39 is 11.9 Å². The molecule has 0 fully saturated rings. The maximum atomic E-state index is 11.4. The number of hydrogen-bond acceptors (Lipinski definition) is 5. The number of nitrogens with one attached hydrogen (secondary N) is 1. The quantitative estimate of drug-likeness (QED) is 0.153. The summed E-state index contributed by atoms with van der Waals surface area (Å²) in [5.41, 5.74) is 0. The van der Waals surface area contributed by atoms with Crippen molar-refractivity contribution in [3.05, 3.63) is 12.2 Å². The highest BCUT2D eigenvalue weighted by molar-refractivity contribution is 5.86. The summed E-state index contributed by atoms with van der Waals surface area (Å²) < 4.78 is 4.66. The molecule has 5 heteroatoms. The average Bonchev–Trinajstić information content (AvgIpc) is 2.58. The van der Waals surface area contributed by atoms with Crippen molar-refractivity contribution in [3.8, 4) is 0 Å². The molecule has 0 unspecified atom stereocenters. The lowest BCUT2D eigenvalue weighted by Crippen LogP contribution is -2.23. The van der Waals surface area contributed by atoms with Crippen molar-refractivity contribution in [2.75, 3.05) is 13.6 Å². The average molecular weight is 371 g/mol. The first-order valence-electron chi connectivity index (χ1n) is 10.2. The van der Waals surface area contributed by atoms with E-state index in [1.165, 1.54) is 57.8 Å². The predicted molar refractivity (Wildman–Crippen MR) is 109 cm³/mol. The van der Waals surface area contributed by atoms with Gasteiger partial charge >= 0.3 is 11.9 Å². The molecule has 0 saturated heterocycles. The third kappa shape index (κ3) is 20.8. The van der Waals surface area contributed by atoms with Crippen LogP contribution >= 0.6 is 0 Å². The van der Waals surface area contributed by atoms with Crippen LogP contribution in [0, 0.1) is 0 Å². The van der Waals surface area contributed by atoms with E-state index >= 15 is 0 Å². The Bertz CT molecular complexity index is 357. The van der Waals surface area contributed by atoms with Gasteiger partial charge in [0.05, 0.1) is 6.54 Å². The SMILES string of the molecule is CCCCCCCC/C=C\CCCCCCCC(=O)OC(=O)CNC.N. The van der Waals surface area contributed by atoms with Crippen molar-refractivity contribution >= 4 is 11.9 Å². The Balaban J connectivity index is 0. The van der Waals surface area contributed by atoms with Crippen LogP contribution in [-0.4, -0.2) is 25.5 Å². The van der Waals surface area contributed by atoms with Crippen LogP contribution in [0.1, 0.15) is 96.8 Å². The smallest absolute Gasteiger partial charge is 0.327 e. The summed E-state index contributed by atoms with van der Waals surface area (Å²) in [4.78, 5) is 22.5. The molecule has 0 aromatic rings. The lowest BCUT2D eigenvalue weighted by Gasteiger charge is -2.02. The zero-order chi connectivity index (χ0) is 18.6. The largest absolute Gasteiger partial charge is 0.392 e. The van der Waals surface area contributed by atoms with Gasteiger partial charge in [-0.25, -0.2) is 0 Å². The van der Waals surface area contributed by atoms with Crippen molar-refractivity contribution in [1.82, 2.24) is 11.5 Å². The summed E-state index contributed by atoms with van der Waals surface area (Å²) >= 11 is 0. The number of hydrogen-bond donors (Lipinski definition) is 2. The second-order valence-corrected chi connectivity index (χ2v) is 6.71. The molecule has 0 atom stereocenters. The van der Waals surface area contributed by atoms with Gasteiger partial charge in [0.2, 0.25) is 0 Å². The molecule has 0 saturated carbocycles. The fourth-order valence-electron chi connectivity index (χ4n) is 2.70. The summed E-state index contributed by atoms with van der Waals surface area (Å²) in [6.07, 6.45) is 20.9. The fourth-order valence-corrected chi connectivity index (χ4v) is 2.70. The maximum Gasteiger partial charge on any atom is 0.327 e. The molecule has 0 aliphatic rings. The van der Waals surface area contributed by atoms with E-state index in [0.29, 0.717) is 6.42 Å². The number of allylic oxidation sites excluding steroid dienone is 2. The first kappa shape index (κ1) is 27.0. The molecule has 26 heavy (non-hydrogen) atoms. The number of rotatable bonds is 17. The third-order valence-electron chi connectivity index (χ3n) is 4.19. The van der Waals surface area contributed by atoms with Gasteiger partial charge < -0.3 is 16.2 Å². The molecule has 0 aliphatic carbocycles. The minimum atomic E-state index is -0.500. The normalized spacial score (nSPS) is 10.7. The van der Waals surface area contributed by atoms with Gasteiger partial charge in [-0.2, -0.15) is 0 Å². The zero-order valence-electron chi connectivity index (χ0n) is 17.2. The van der Waals surface area contributed by atoms with Crippen LogP contribution in [0.25, 0.3) is 0 Å².